The summed E-state index contributed by atoms with van der Waals surface area (Å²) < 4.78 is 16.3. The summed E-state index contributed by atoms with van der Waals surface area (Å²) in [5.74, 6) is 0.0507. The van der Waals surface area contributed by atoms with E-state index in [-0.39, 0.29) is 18.9 Å². The number of carbonyl (C=O) groups excluding carboxylic acids is 1. The second kappa shape index (κ2) is 6.52. The zero-order valence-electron chi connectivity index (χ0n) is 13.6. The predicted molar refractivity (Wildman–Crippen MR) is 85.4 cm³/mol. The van der Waals surface area contributed by atoms with Gasteiger partial charge < -0.3 is 23.9 Å². The van der Waals surface area contributed by atoms with Crippen LogP contribution in [-0.2, 0) is 9.53 Å². The second-order valence-corrected chi connectivity index (χ2v) is 5.74. The minimum Gasteiger partial charge on any atom is -0.497 e. The summed E-state index contributed by atoms with van der Waals surface area (Å²) in [6.45, 7) is 2.74. The number of aryl methyl sites for hydroxylation is 1. The van der Waals surface area contributed by atoms with Crippen molar-refractivity contribution in [3.8, 4) is 5.75 Å². The molecule has 3 rings (SSSR count). The van der Waals surface area contributed by atoms with E-state index in [0.717, 1.165) is 0 Å². The first-order valence-corrected chi connectivity index (χ1v) is 7.69. The minimum absolute atomic E-state index is 0.122. The molecule has 24 heavy (non-hydrogen) atoms. The molecule has 1 aliphatic rings. The number of nitrogens with zero attached hydrogens (tertiary/aromatic N) is 1. The Morgan fingerprint density at radius 3 is 2.92 bits per heavy atom. The number of rotatable bonds is 4. The number of ether oxygens (including phenoxy) is 2. The van der Waals surface area contributed by atoms with E-state index in [9.17, 15) is 9.59 Å². The van der Waals surface area contributed by atoms with Crippen molar-refractivity contribution in [2.45, 2.75) is 19.4 Å². The Morgan fingerprint density at radius 2 is 2.21 bits per heavy atom. The largest absolute Gasteiger partial charge is 0.497 e. The first-order chi connectivity index (χ1) is 11.5. The van der Waals surface area contributed by atoms with Crippen LogP contribution in [-0.4, -0.2) is 54.8 Å². The molecule has 0 unspecified atom stereocenters. The Labute approximate surface area is 138 Å². The van der Waals surface area contributed by atoms with Gasteiger partial charge in [-0.05, 0) is 25.1 Å². The second-order valence-electron chi connectivity index (χ2n) is 5.74. The minimum atomic E-state index is -0.941. The summed E-state index contributed by atoms with van der Waals surface area (Å²) in [6, 6.07) is 5.32. The monoisotopic (exact) mass is 333 g/mol. The predicted octanol–water partition coefficient (Wildman–Crippen LogP) is 2.07. The lowest BCUT2D eigenvalue weighted by Crippen LogP contribution is -2.46. The zero-order valence-corrected chi connectivity index (χ0v) is 13.6. The highest BCUT2D eigenvalue weighted by molar-refractivity contribution is 6.07. The Balaban J connectivity index is 1.90. The third kappa shape index (κ3) is 3.07. The van der Waals surface area contributed by atoms with Gasteiger partial charge in [-0.3, -0.25) is 9.59 Å². The van der Waals surface area contributed by atoms with E-state index < -0.39 is 12.1 Å². The highest BCUT2D eigenvalue weighted by Crippen LogP contribution is 2.30. The number of hydrogen-bond acceptors (Lipinski definition) is 5. The first kappa shape index (κ1) is 16.3. The SMILES string of the molecule is COc1ccc2oc(C)c(C(=O)N3CCO[C@H](CC(=O)O)C3)c2c1. The zero-order chi connectivity index (χ0) is 17.3. The number of aliphatic carboxylic acids is 1. The van der Waals surface area contributed by atoms with E-state index in [1.165, 1.54) is 0 Å². The van der Waals surface area contributed by atoms with Crippen LogP contribution in [0, 0.1) is 6.92 Å². The molecule has 128 valence electrons. The molecule has 0 bridgehead atoms. The first-order valence-electron chi connectivity index (χ1n) is 7.69. The maximum atomic E-state index is 12.9. The van der Waals surface area contributed by atoms with E-state index in [1.54, 1.807) is 37.1 Å². The average Bonchev–Trinajstić information content (AvgIpc) is 2.88. The van der Waals surface area contributed by atoms with Gasteiger partial charge in [-0.2, -0.15) is 0 Å². The van der Waals surface area contributed by atoms with Gasteiger partial charge in [0, 0.05) is 18.5 Å². The average molecular weight is 333 g/mol. The number of morpholine rings is 1. The molecule has 1 aliphatic heterocycles. The standard InChI is InChI=1S/C17H19NO6/c1-10-16(13-7-11(22-2)3-4-14(13)24-10)17(21)18-5-6-23-12(9-18)8-15(19)20/h3-4,7,12H,5-6,8-9H2,1-2H3,(H,19,20)/t12-/m1/s1. The van der Waals surface area contributed by atoms with Gasteiger partial charge in [0.15, 0.2) is 0 Å². The van der Waals surface area contributed by atoms with Crippen molar-refractivity contribution in [1.29, 1.82) is 0 Å². The molecule has 1 N–H and O–H groups in total. The molecule has 1 aromatic heterocycles. The van der Waals surface area contributed by atoms with Crippen molar-refractivity contribution < 1.29 is 28.6 Å². The Hall–Kier alpha value is -2.54. The normalized spacial score (nSPS) is 17.9. The van der Waals surface area contributed by atoms with Crippen molar-refractivity contribution in [1.82, 2.24) is 4.90 Å². The van der Waals surface area contributed by atoms with Crippen LogP contribution in [0.4, 0.5) is 0 Å². The van der Waals surface area contributed by atoms with Crippen LogP contribution in [0.15, 0.2) is 22.6 Å². The Bertz CT molecular complexity index is 781. The topological polar surface area (TPSA) is 89.2 Å². The fraction of sp³-hybridized carbons (Fsp3) is 0.412. The smallest absolute Gasteiger partial charge is 0.306 e. The third-order valence-corrected chi connectivity index (χ3v) is 4.11. The molecule has 0 aliphatic carbocycles. The van der Waals surface area contributed by atoms with Crippen LogP contribution >= 0.6 is 0 Å². The molecule has 0 saturated carbocycles. The Morgan fingerprint density at radius 1 is 1.42 bits per heavy atom. The number of hydrogen-bond donors (Lipinski definition) is 1. The van der Waals surface area contributed by atoms with Crippen LogP contribution in [0.3, 0.4) is 0 Å². The maximum absolute atomic E-state index is 12.9. The van der Waals surface area contributed by atoms with Crippen LogP contribution < -0.4 is 4.74 Å². The van der Waals surface area contributed by atoms with Crippen LogP contribution in [0.2, 0.25) is 0 Å². The molecule has 1 saturated heterocycles. The van der Waals surface area contributed by atoms with Gasteiger partial charge in [-0.15, -0.1) is 0 Å². The quantitative estimate of drug-likeness (QED) is 0.921. The molecule has 7 nitrogen and oxygen atoms in total. The summed E-state index contributed by atoms with van der Waals surface area (Å²) >= 11 is 0. The number of benzene rings is 1. The Kier molecular flexibility index (Phi) is 4.44. The molecule has 1 aromatic carbocycles. The van der Waals surface area contributed by atoms with Gasteiger partial charge in [-0.1, -0.05) is 0 Å². The fourth-order valence-electron chi connectivity index (χ4n) is 2.97. The highest BCUT2D eigenvalue weighted by atomic mass is 16.5. The molecule has 7 heteroatoms. The van der Waals surface area contributed by atoms with Crippen LogP contribution in [0.25, 0.3) is 11.0 Å². The van der Waals surface area contributed by atoms with E-state index in [4.69, 9.17) is 19.0 Å². The number of fused-ring (bicyclic) bond motifs is 1. The number of methoxy groups -OCH3 is 1. The van der Waals surface area contributed by atoms with Gasteiger partial charge in [0.1, 0.15) is 17.1 Å². The lowest BCUT2D eigenvalue weighted by Gasteiger charge is -2.32. The highest BCUT2D eigenvalue weighted by Gasteiger charge is 2.29. The number of furan rings is 1. The maximum Gasteiger partial charge on any atom is 0.306 e. The van der Waals surface area contributed by atoms with Gasteiger partial charge in [0.25, 0.3) is 5.91 Å². The molecule has 0 radical (unpaired) electrons. The number of carboxylic acid groups (broad SMARTS) is 1. The van der Waals surface area contributed by atoms with Crippen molar-refractivity contribution in [2.24, 2.45) is 0 Å². The van der Waals surface area contributed by atoms with E-state index in [0.29, 0.717) is 41.2 Å². The van der Waals surface area contributed by atoms with E-state index in [1.807, 2.05) is 0 Å². The van der Waals surface area contributed by atoms with E-state index in [2.05, 4.69) is 0 Å². The molecular formula is C17H19NO6. The molecular weight excluding hydrogens is 314 g/mol. The molecule has 2 heterocycles. The summed E-state index contributed by atoms with van der Waals surface area (Å²) in [6.07, 6.45) is -0.615. The van der Waals surface area contributed by atoms with Gasteiger partial charge >= 0.3 is 5.97 Å². The number of carboxylic acids is 1. The van der Waals surface area contributed by atoms with Crippen molar-refractivity contribution >= 4 is 22.8 Å². The van der Waals surface area contributed by atoms with Gasteiger partial charge in [0.05, 0.1) is 31.8 Å². The summed E-state index contributed by atoms with van der Waals surface area (Å²) in [4.78, 5) is 25.4. The third-order valence-electron chi connectivity index (χ3n) is 4.11. The van der Waals surface area contributed by atoms with Crippen molar-refractivity contribution in [3.05, 3.63) is 29.5 Å². The molecule has 1 atom stereocenters. The number of amides is 1. The molecule has 2 aromatic rings. The molecule has 1 amide bonds. The lowest BCUT2D eigenvalue weighted by molar-refractivity contribution is -0.141. The van der Waals surface area contributed by atoms with E-state index >= 15 is 0 Å². The van der Waals surface area contributed by atoms with Crippen molar-refractivity contribution in [3.63, 3.8) is 0 Å². The fourth-order valence-corrected chi connectivity index (χ4v) is 2.97. The molecule has 1 fully saturated rings. The van der Waals surface area contributed by atoms with Gasteiger partial charge in [-0.25, -0.2) is 0 Å². The van der Waals surface area contributed by atoms with Crippen LogP contribution in [0.5, 0.6) is 5.75 Å². The van der Waals surface area contributed by atoms with Gasteiger partial charge in [0.2, 0.25) is 0 Å². The number of carbonyl (C=O) groups is 2. The summed E-state index contributed by atoms with van der Waals surface area (Å²) in [5, 5.41) is 9.60. The summed E-state index contributed by atoms with van der Waals surface area (Å²) in [7, 11) is 1.56. The molecule has 0 spiro atoms. The lowest BCUT2D eigenvalue weighted by atomic mass is 10.1. The van der Waals surface area contributed by atoms with Crippen LogP contribution in [0.1, 0.15) is 22.5 Å². The van der Waals surface area contributed by atoms with Crippen molar-refractivity contribution in [2.75, 3.05) is 26.8 Å². The summed E-state index contributed by atoms with van der Waals surface area (Å²) in [5.41, 5.74) is 1.10.